The van der Waals surface area contributed by atoms with Crippen LogP contribution in [0.2, 0.25) is 0 Å². The third-order valence-electron chi connectivity index (χ3n) is 3.16. The van der Waals surface area contributed by atoms with E-state index in [2.05, 4.69) is 59.9 Å². The summed E-state index contributed by atoms with van der Waals surface area (Å²) in [5.41, 5.74) is 3.37. The van der Waals surface area contributed by atoms with Crippen LogP contribution in [0.1, 0.15) is 25.2 Å². The van der Waals surface area contributed by atoms with E-state index in [1.807, 2.05) is 6.20 Å². The quantitative estimate of drug-likeness (QED) is 0.807. The molecule has 0 amide bonds. The molecule has 0 unspecified atom stereocenters. The number of rotatable bonds is 5. The van der Waals surface area contributed by atoms with Crippen LogP contribution in [0.25, 0.3) is 11.3 Å². The molecule has 3 nitrogen and oxygen atoms in total. The standard InChI is InChI=1S/C15H20N3/c1-4-18(5-2)11-15-16-10-14(17-15)13-8-6-7-12(3)9-13/h6-10H,4-5,11H2,1-3H3/q-1. The Balaban J connectivity index is 2.15. The molecule has 2 rings (SSSR count). The highest BCUT2D eigenvalue weighted by molar-refractivity contribution is 5.59. The van der Waals surface area contributed by atoms with Gasteiger partial charge in [-0.05, 0) is 31.3 Å². The summed E-state index contributed by atoms with van der Waals surface area (Å²) in [5.74, 6) is 0.912. The first-order chi connectivity index (χ1) is 8.72. The summed E-state index contributed by atoms with van der Waals surface area (Å²) in [6.07, 6.45) is 1.87. The van der Waals surface area contributed by atoms with Gasteiger partial charge in [-0.2, -0.15) is 0 Å². The molecule has 0 aliphatic rings. The summed E-state index contributed by atoms with van der Waals surface area (Å²) in [7, 11) is 0. The molecule has 0 fully saturated rings. The Morgan fingerprint density at radius 2 is 2.00 bits per heavy atom. The van der Waals surface area contributed by atoms with Gasteiger partial charge in [0, 0.05) is 6.54 Å². The number of imidazole rings is 1. The Labute approximate surface area is 109 Å². The minimum atomic E-state index is 0.832. The summed E-state index contributed by atoms with van der Waals surface area (Å²) in [6.45, 7) is 9.31. The van der Waals surface area contributed by atoms with E-state index in [0.29, 0.717) is 0 Å². The molecule has 1 aromatic heterocycles. The first kappa shape index (κ1) is 12.8. The van der Waals surface area contributed by atoms with E-state index >= 15 is 0 Å². The zero-order valence-corrected chi connectivity index (χ0v) is 11.3. The highest BCUT2D eigenvalue weighted by Gasteiger charge is 2.00. The van der Waals surface area contributed by atoms with Crippen molar-refractivity contribution in [3.8, 4) is 11.3 Å². The average Bonchev–Trinajstić information content (AvgIpc) is 2.84. The van der Waals surface area contributed by atoms with Gasteiger partial charge in [-0.15, -0.1) is 0 Å². The fourth-order valence-electron chi connectivity index (χ4n) is 2.00. The minimum absolute atomic E-state index is 0.832. The van der Waals surface area contributed by atoms with Crippen LogP contribution in [0.4, 0.5) is 0 Å². The minimum Gasteiger partial charge on any atom is -0.445 e. The second-order valence-corrected chi connectivity index (χ2v) is 4.50. The van der Waals surface area contributed by atoms with Crippen molar-refractivity contribution in [3.05, 3.63) is 41.9 Å². The van der Waals surface area contributed by atoms with Crippen molar-refractivity contribution in [2.24, 2.45) is 0 Å². The van der Waals surface area contributed by atoms with Crippen LogP contribution < -0.4 is 4.98 Å². The van der Waals surface area contributed by atoms with Crippen LogP contribution in [0, 0.1) is 6.92 Å². The fraction of sp³-hybridized carbons (Fsp3) is 0.400. The van der Waals surface area contributed by atoms with Crippen LogP contribution in [0.3, 0.4) is 0 Å². The van der Waals surface area contributed by atoms with Crippen molar-refractivity contribution < 1.29 is 0 Å². The lowest BCUT2D eigenvalue weighted by Gasteiger charge is -2.19. The monoisotopic (exact) mass is 242 g/mol. The molecule has 0 bridgehead atoms. The number of aromatic nitrogens is 2. The predicted molar refractivity (Wildman–Crippen MR) is 74.4 cm³/mol. The third kappa shape index (κ3) is 2.99. The van der Waals surface area contributed by atoms with Crippen LogP contribution in [0.15, 0.2) is 30.5 Å². The van der Waals surface area contributed by atoms with Crippen LogP contribution >= 0.6 is 0 Å². The first-order valence-corrected chi connectivity index (χ1v) is 6.51. The van der Waals surface area contributed by atoms with Gasteiger partial charge in [0.15, 0.2) is 0 Å². The molecular formula is C15H20N3-. The molecule has 0 spiro atoms. The molecule has 0 aliphatic heterocycles. The van der Waals surface area contributed by atoms with Gasteiger partial charge in [0.25, 0.3) is 0 Å². The van der Waals surface area contributed by atoms with E-state index in [-0.39, 0.29) is 0 Å². The highest BCUT2D eigenvalue weighted by atomic mass is 15.1. The molecule has 0 saturated carbocycles. The number of nitrogens with zero attached hydrogens (tertiary/aromatic N) is 3. The highest BCUT2D eigenvalue weighted by Crippen LogP contribution is 2.18. The smallest absolute Gasteiger partial charge is 0.0156 e. The number of hydrogen-bond acceptors (Lipinski definition) is 2. The zero-order chi connectivity index (χ0) is 13.0. The van der Waals surface area contributed by atoms with Gasteiger partial charge in [-0.3, -0.25) is 0 Å². The molecule has 0 aliphatic carbocycles. The third-order valence-corrected chi connectivity index (χ3v) is 3.16. The van der Waals surface area contributed by atoms with Gasteiger partial charge in [0.1, 0.15) is 0 Å². The second-order valence-electron chi connectivity index (χ2n) is 4.50. The van der Waals surface area contributed by atoms with Crippen LogP contribution in [-0.4, -0.2) is 23.0 Å². The largest absolute Gasteiger partial charge is 0.445 e. The normalized spacial score (nSPS) is 11.1. The fourth-order valence-corrected chi connectivity index (χ4v) is 2.00. The number of benzene rings is 1. The molecular weight excluding hydrogens is 222 g/mol. The molecule has 3 heteroatoms. The van der Waals surface area contributed by atoms with Gasteiger partial charge < -0.3 is 14.9 Å². The molecule has 0 N–H and O–H groups in total. The van der Waals surface area contributed by atoms with E-state index in [0.717, 1.165) is 36.7 Å². The van der Waals surface area contributed by atoms with Gasteiger partial charge >= 0.3 is 0 Å². The molecule has 1 aromatic carbocycles. The molecule has 1 heterocycles. The van der Waals surface area contributed by atoms with Gasteiger partial charge in [-0.1, -0.05) is 55.7 Å². The van der Waals surface area contributed by atoms with Gasteiger partial charge in [-0.25, -0.2) is 0 Å². The molecule has 18 heavy (non-hydrogen) atoms. The van der Waals surface area contributed by atoms with Crippen molar-refractivity contribution in [1.29, 1.82) is 0 Å². The molecule has 96 valence electrons. The molecule has 0 atom stereocenters. The summed E-state index contributed by atoms with van der Waals surface area (Å²) in [6, 6.07) is 8.38. The van der Waals surface area contributed by atoms with Crippen molar-refractivity contribution in [2.45, 2.75) is 27.3 Å². The molecule has 0 radical (unpaired) electrons. The average molecular weight is 242 g/mol. The topological polar surface area (TPSA) is 30.2 Å². The summed E-state index contributed by atoms with van der Waals surface area (Å²) < 4.78 is 0. The van der Waals surface area contributed by atoms with E-state index in [9.17, 15) is 0 Å². The second kappa shape index (κ2) is 5.83. The van der Waals surface area contributed by atoms with E-state index in [4.69, 9.17) is 0 Å². The summed E-state index contributed by atoms with van der Waals surface area (Å²) in [5, 5.41) is 0. The zero-order valence-electron chi connectivity index (χ0n) is 11.3. The Kier molecular flexibility index (Phi) is 4.15. The van der Waals surface area contributed by atoms with Crippen molar-refractivity contribution in [3.63, 3.8) is 0 Å². The van der Waals surface area contributed by atoms with Gasteiger partial charge in [0.05, 0.1) is 0 Å². The Morgan fingerprint density at radius 1 is 1.22 bits per heavy atom. The summed E-state index contributed by atoms with van der Waals surface area (Å²) >= 11 is 0. The van der Waals surface area contributed by atoms with Crippen molar-refractivity contribution in [1.82, 2.24) is 14.9 Å². The van der Waals surface area contributed by atoms with E-state index < -0.39 is 0 Å². The first-order valence-electron chi connectivity index (χ1n) is 6.51. The van der Waals surface area contributed by atoms with E-state index in [1.165, 1.54) is 5.56 Å². The maximum atomic E-state index is 4.60. The molecule has 2 aromatic rings. The number of aryl methyl sites for hydroxylation is 1. The maximum Gasteiger partial charge on any atom is 0.0156 e. The Morgan fingerprint density at radius 3 is 2.67 bits per heavy atom. The molecule has 0 saturated heterocycles. The lowest BCUT2D eigenvalue weighted by atomic mass is 10.1. The lowest BCUT2D eigenvalue weighted by Crippen LogP contribution is -2.23. The maximum absolute atomic E-state index is 4.60. The van der Waals surface area contributed by atoms with Crippen LogP contribution in [0.5, 0.6) is 0 Å². The summed E-state index contributed by atoms with van der Waals surface area (Å²) in [4.78, 5) is 11.3. The number of hydrogen-bond donors (Lipinski definition) is 0. The lowest BCUT2D eigenvalue weighted by molar-refractivity contribution is 0.289. The van der Waals surface area contributed by atoms with E-state index in [1.54, 1.807) is 0 Å². The predicted octanol–water partition coefficient (Wildman–Crippen LogP) is 2.86. The Bertz CT molecular complexity index is 498. The Hall–Kier alpha value is -1.61. The van der Waals surface area contributed by atoms with Gasteiger partial charge in [0.2, 0.25) is 0 Å². The van der Waals surface area contributed by atoms with Crippen molar-refractivity contribution in [2.75, 3.05) is 13.1 Å². The van der Waals surface area contributed by atoms with Crippen molar-refractivity contribution >= 4 is 0 Å². The van der Waals surface area contributed by atoms with Crippen LogP contribution in [-0.2, 0) is 6.54 Å². The SMILES string of the molecule is CCN(CC)Cc1nc(-c2cccc(C)c2)c[n-]1.